The smallest absolute Gasteiger partial charge is 0.341 e. The summed E-state index contributed by atoms with van der Waals surface area (Å²) in [4.78, 5) is 47.8. The van der Waals surface area contributed by atoms with Crippen molar-refractivity contribution in [2.24, 2.45) is 5.92 Å². The van der Waals surface area contributed by atoms with E-state index < -0.39 is 23.9 Å². The van der Waals surface area contributed by atoms with Gasteiger partial charge in [-0.3, -0.25) is 19.7 Å². The Labute approximate surface area is 156 Å². The number of amides is 3. The average Bonchev–Trinajstić information content (AvgIpc) is 2.63. The summed E-state index contributed by atoms with van der Waals surface area (Å²) in [6, 6.07) is 2.81. The first kappa shape index (κ1) is 20.2. The molecule has 1 unspecified atom stereocenters. The van der Waals surface area contributed by atoms with E-state index >= 15 is 0 Å². The number of piperidine rings is 1. The minimum Gasteiger partial charge on any atom is -0.493 e. The molecular weight excluding hydrogens is 356 g/mol. The van der Waals surface area contributed by atoms with Gasteiger partial charge in [-0.05, 0) is 0 Å². The van der Waals surface area contributed by atoms with Gasteiger partial charge in [-0.1, -0.05) is 13.8 Å². The van der Waals surface area contributed by atoms with E-state index in [1.807, 2.05) is 0 Å². The molecule has 0 bridgehead atoms. The summed E-state index contributed by atoms with van der Waals surface area (Å²) in [5.74, 6) is -1.97. The quantitative estimate of drug-likeness (QED) is 0.565. The Balaban J connectivity index is 2.34. The van der Waals surface area contributed by atoms with E-state index in [0.717, 1.165) is 0 Å². The van der Waals surface area contributed by atoms with Gasteiger partial charge in [0, 0.05) is 30.9 Å². The van der Waals surface area contributed by atoms with E-state index in [9.17, 15) is 19.2 Å². The van der Waals surface area contributed by atoms with Crippen molar-refractivity contribution in [2.75, 3.05) is 19.5 Å². The van der Waals surface area contributed by atoms with E-state index in [2.05, 4.69) is 10.6 Å². The molecule has 1 aliphatic rings. The second kappa shape index (κ2) is 8.52. The van der Waals surface area contributed by atoms with E-state index in [0.29, 0.717) is 5.75 Å². The number of rotatable bonds is 6. The first-order valence-corrected chi connectivity index (χ1v) is 8.38. The van der Waals surface area contributed by atoms with E-state index in [-0.39, 0.29) is 41.7 Å². The number of methoxy groups -OCH3 is 2. The molecular formula is C18H22N2O7. The fraction of sp³-hybridized carbons (Fsp3) is 0.444. The fourth-order valence-electron chi connectivity index (χ4n) is 2.41. The van der Waals surface area contributed by atoms with E-state index in [1.165, 1.54) is 26.4 Å². The summed E-state index contributed by atoms with van der Waals surface area (Å²) in [5, 5.41) is 4.76. The van der Waals surface area contributed by atoms with Crippen LogP contribution in [0.4, 0.5) is 5.69 Å². The lowest BCUT2D eigenvalue weighted by Crippen LogP contribution is -2.45. The number of benzene rings is 1. The van der Waals surface area contributed by atoms with Crippen LogP contribution < -0.4 is 20.1 Å². The standard InChI is InChI=1S/C18H22N2O7/c1-9(2)16(22)19-11-8-14(26-4)13(25-3)7-10(11)18(24)27-12-5-6-15(21)20-17(12)23/h7-9,12H,5-6H2,1-4H3,(H,19,22)(H,20,21,23). The van der Waals surface area contributed by atoms with Crippen molar-refractivity contribution in [3.63, 3.8) is 0 Å². The Kier molecular flexibility index (Phi) is 6.38. The second-order valence-electron chi connectivity index (χ2n) is 6.24. The van der Waals surface area contributed by atoms with Gasteiger partial charge in [0.2, 0.25) is 11.8 Å². The molecule has 1 fully saturated rings. The number of imide groups is 1. The average molecular weight is 378 g/mol. The summed E-state index contributed by atoms with van der Waals surface area (Å²) in [6.07, 6.45) is -0.916. The van der Waals surface area contributed by atoms with Crippen LogP contribution >= 0.6 is 0 Å². The molecule has 27 heavy (non-hydrogen) atoms. The molecule has 0 aliphatic carbocycles. The highest BCUT2D eigenvalue weighted by atomic mass is 16.5. The van der Waals surface area contributed by atoms with Crippen LogP contribution in [0.1, 0.15) is 37.0 Å². The SMILES string of the molecule is COc1cc(NC(=O)C(C)C)c(C(=O)OC2CCC(=O)NC2=O)cc1OC. The predicted molar refractivity (Wildman–Crippen MR) is 94.6 cm³/mol. The van der Waals surface area contributed by atoms with Gasteiger partial charge >= 0.3 is 5.97 Å². The lowest BCUT2D eigenvalue weighted by Gasteiger charge is -2.22. The van der Waals surface area contributed by atoms with Crippen molar-refractivity contribution in [3.05, 3.63) is 17.7 Å². The largest absolute Gasteiger partial charge is 0.493 e. The molecule has 3 amide bonds. The summed E-state index contributed by atoms with van der Waals surface area (Å²) in [5.41, 5.74) is 0.176. The van der Waals surface area contributed by atoms with E-state index in [4.69, 9.17) is 14.2 Å². The molecule has 0 radical (unpaired) electrons. The number of carbonyl (C=O) groups is 4. The third-order valence-electron chi connectivity index (χ3n) is 3.96. The number of nitrogens with one attached hydrogen (secondary N) is 2. The van der Waals surface area contributed by atoms with E-state index in [1.54, 1.807) is 13.8 Å². The van der Waals surface area contributed by atoms with Crippen molar-refractivity contribution >= 4 is 29.4 Å². The lowest BCUT2D eigenvalue weighted by molar-refractivity contribution is -0.140. The Morgan fingerprint density at radius 3 is 2.33 bits per heavy atom. The zero-order valence-electron chi connectivity index (χ0n) is 15.6. The van der Waals surface area contributed by atoms with Crippen molar-refractivity contribution in [2.45, 2.75) is 32.8 Å². The predicted octanol–water partition coefficient (Wildman–Crippen LogP) is 1.26. The van der Waals surface area contributed by atoms with Gasteiger partial charge in [0.05, 0.1) is 25.5 Å². The van der Waals surface area contributed by atoms with Crippen LogP contribution in [0.5, 0.6) is 11.5 Å². The summed E-state index contributed by atoms with van der Waals surface area (Å²) in [7, 11) is 2.83. The van der Waals surface area contributed by atoms with Crippen molar-refractivity contribution in [1.82, 2.24) is 5.32 Å². The molecule has 0 spiro atoms. The van der Waals surface area contributed by atoms with Gasteiger partial charge in [-0.2, -0.15) is 0 Å². The zero-order valence-corrected chi connectivity index (χ0v) is 15.6. The molecule has 1 aromatic carbocycles. The highest BCUT2D eigenvalue weighted by molar-refractivity contribution is 6.05. The van der Waals surface area contributed by atoms with Crippen molar-refractivity contribution in [3.8, 4) is 11.5 Å². The fourth-order valence-corrected chi connectivity index (χ4v) is 2.41. The minimum absolute atomic E-state index is 0.00588. The maximum atomic E-state index is 12.6. The van der Waals surface area contributed by atoms with Gasteiger partial charge in [0.25, 0.3) is 5.91 Å². The number of anilines is 1. The summed E-state index contributed by atoms with van der Waals surface area (Å²) >= 11 is 0. The van der Waals surface area contributed by atoms with Gasteiger partial charge in [0.15, 0.2) is 17.6 Å². The zero-order chi connectivity index (χ0) is 20.1. The third kappa shape index (κ3) is 4.75. The summed E-state index contributed by atoms with van der Waals surface area (Å²) < 4.78 is 15.6. The number of hydrogen-bond donors (Lipinski definition) is 2. The second-order valence-corrected chi connectivity index (χ2v) is 6.24. The normalized spacial score (nSPS) is 16.6. The highest BCUT2D eigenvalue weighted by Crippen LogP contribution is 2.34. The van der Waals surface area contributed by atoms with Crippen LogP contribution in [0, 0.1) is 5.92 Å². The number of ether oxygens (including phenoxy) is 3. The van der Waals surface area contributed by atoms with Crippen molar-refractivity contribution in [1.29, 1.82) is 0 Å². The number of carbonyl (C=O) groups excluding carboxylic acids is 4. The Bertz CT molecular complexity index is 773. The van der Waals surface area contributed by atoms with Crippen LogP contribution in [0.25, 0.3) is 0 Å². The lowest BCUT2D eigenvalue weighted by atomic mass is 10.1. The molecule has 1 atom stereocenters. The van der Waals surface area contributed by atoms with Crippen LogP contribution in [-0.4, -0.2) is 44.0 Å². The highest BCUT2D eigenvalue weighted by Gasteiger charge is 2.31. The van der Waals surface area contributed by atoms with Crippen LogP contribution in [0.3, 0.4) is 0 Å². The number of esters is 1. The molecule has 1 aromatic rings. The van der Waals surface area contributed by atoms with Crippen LogP contribution in [0.15, 0.2) is 12.1 Å². The Morgan fingerprint density at radius 1 is 1.15 bits per heavy atom. The Hall–Kier alpha value is -3.10. The van der Waals surface area contributed by atoms with Crippen molar-refractivity contribution < 1.29 is 33.4 Å². The maximum Gasteiger partial charge on any atom is 0.341 e. The molecule has 0 aromatic heterocycles. The van der Waals surface area contributed by atoms with Gasteiger partial charge in [0.1, 0.15) is 0 Å². The molecule has 0 saturated carbocycles. The minimum atomic E-state index is -1.09. The van der Waals surface area contributed by atoms with Gasteiger partial charge in [-0.25, -0.2) is 4.79 Å². The molecule has 1 aliphatic heterocycles. The summed E-state index contributed by atoms with van der Waals surface area (Å²) in [6.45, 7) is 3.41. The van der Waals surface area contributed by atoms with Crippen LogP contribution in [-0.2, 0) is 19.1 Å². The molecule has 1 saturated heterocycles. The molecule has 2 rings (SSSR count). The number of hydrogen-bond acceptors (Lipinski definition) is 7. The molecule has 9 nitrogen and oxygen atoms in total. The van der Waals surface area contributed by atoms with Gasteiger partial charge in [-0.15, -0.1) is 0 Å². The first-order chi connectivity index (χ1) is 12.8. The molecule has 1 heterocycles. The first-order valence-electron chi connectivity index (χ1n) is 8.38. The molecule has 2 N–H and O–H groups in total. The maximum absolute atomic E-state index is 12.6. The monoisotopic (exact) mass is 378 g/mol. The van der Waals surface area contributed by atoms with Gasteiger partial charge < -0.3 is 19.5 Å². The Morgan fingerprint density at radius 2 is 1.78 bits per heavy atom. The van der Waals surface area contributed by atoms with Crippen LogP contribution in [0.2, 0.25) is 0 Å². The molecule has 9 heteroatoms. The topological polar surface area (TPSA) is 120 Å². The molecule has 146 valence electrons. The third-order valence-corrected chi connectivity index (χ3v) is 3.96.